The molecule has 1 heterocycles. The van der Waals surface area contributed by atoms with Gasteiger partial charge in [-0.15, -0.1) is 0 Å². The molecule has 86 valence electrons. The second kappa shape index (κ2) is 7.49. The Hall–Kier alpha value is -0.800. The number of aliphatic hydroxyl groups is 1. The van der Waals surface area contributed by atoms with Crippen LogP contribution in [0.25, 0.3) is 0 Å². The first-order valence-corrected chi connectivity index (χ1v) is 5.64. The Kier molecular flexibility index (Phi) is 6.12. The summed E-state index contributed by atoms with van der Waals surface area (Å²) in [6, 6.07) is 3.92. The SMILES string of the molecule is CN(CCCCCCO)Cc1ccco1. The Morgan fingerprint density at radius 3 is 2.73 bits per heavy atom. The number of aliphatic hydroxyl groups excluding tert-OH is 1. The van der Waals surface area contributed by atoms with Crippen LogP contribution >= 0.6 is 0 Å². The molecule has 0 amide bonds. The highest BCUT2D eigenvalue weighted by Gasteiger charge is 2.01. The van der Waals surface area contributed by atoms with Gasteiger partial charge < -0.3 is 9.52 Å². The Bertz CT molecular complexity index is 234. The zero-order chi connectivity index (χ0) is 10.9. The van der Waals surface area contributed by atoms with Crippen molar-refractivity contribution in [2.24, 2.45) is 0 Å². The molecule has 1 N–H and O–H groups in total. The maximum atomic E-state index is 8.62. The molecule has 0 spiro atoms. The monoisotopic (exact) mass is 211 g/mol. The van der Waals surface area contributed by atoms with E-state index >= 15 is 0 Å². The summed E-state index contributed by atoms with van der Waals surface area (Å²) in [6.45, 7) is 2.29. The Morgan fingerprint density at radius 2 is 2.07 bits per heavy atom. The quantitative estimate of drug-likeness (QED) is 0.670. The average molecular weight is 211 g/mol. The van der Waals surface area contributed by atoms with Gasteiger partial charge in [0.05, 0.1) is 12.8 Å². The minimum atomic E-state index is 0.322. The van der Waals surface area contributed by atoms with Crippen LogP contribution in [0.15, 0.2) is 22.8 Å². The lowest BCUT2D eigenvalue weighted by atomic mass is 10.2. The zero-order valence-electron chi connectivity index (χ0n) is 9.48. The van der Waals surface area contributed by atoms with E-state index < -0.39 is 0 Å². The van der Waals surface area contributed by atoms with E-state index in [4.69, 9.17) is 9.52 Å². The largest absolute Gasteiger partial charge is 0.468 e. The number of unbranched alkanes of at least 4 members (excludes halogenated alkanes) is 3. The fourth-order valence-corrected chi connectivity index (χ4v) is 1.59. The highest BCUT2D eigenvalue weighted by atomic mass is 16.3. The summed E-state index contributed by atoms with van der Waals surface area (Å²) in [5, 5.41) is 8.62. The smallest absolute Gasteiger partial charge is 0.117 e. The molecule has 0 aliphatic heterocycles. The van der Waals surface area contributed by atoms with Crippen LogP contribution in [-0.2, 0) is 6.54 Å². The fourth-order valence-electron chi connectivity index (χ4n) is 1.59. The lowest BCUT2D eigenvalue weighted by molar-refractivity contribution is 0.271. The first-order valence-electron chi connectivity index (χ1n) is 5.64. The van der Waals surface area contributed by atoms with E-state index in [-0.39, 0.29) is 0 Å². The van der Waals surface area contributed by atoms with Gasteiger partial charge >= 0.3 is 0 Å². The van der Waals surface area contributed by atoms with Crippen molar-refractivity contribution < 1.29 is 9.52 Å². The highest BCUT2D eigenvalue weighted by Crippen LogP contribution is 2.06. The van der Waals surface area contributed by atoms with Crippen molar-refractivity contribution in [2.75, 3.05) is 20.2 Å². The van der Waals surface area contributed by atoms with Crippen molar-refractivity contribution in [3.8, 4) is 0 Å². The van der Waals surface area contributed by atoms with Gasteiger partial charge in [0, 0.05) is 6.61 Å². The van der Waals surface area contributed by atoms with E-state index in [0.29, 0.717) is 6.61 Å². The van der Waals surface area contributed by atoms with Crippen molar-refractivity contribution in [3.05, 3.63) is 24.2 Å². The fraction of sp³-hybridized carbons (Fsp3) is 0.667. The first-order chi connectivity index (χ1) is 7.33. The molecule has 0 aliphatic carbocycles. The van der Waals surface area contributed by atoms with Crippen LogP contribution in [0.1, 0.15) is 31.4 Å². The Labute approximate surface area is 91.7 Å². The normalized spacial score (nSPS) is 11.1. The molecular weight excluding hydrogens is 190 g/mol. The molecule has 0 radical (unpaired) electrons. The van der Waals surface area contributed by atoms with Gasteiger partial charge in [0.15, 0.2) is 0 Å². The van der Waals surface area contributed by atoms with Gasteiger partial charge in [0.1, 0.15) is 5.76 Å². The van der Waals surface area contributed by atoms with Crippen molar-refractivity contribution in [3.63, 3.8) is 0 Å². The summed E-state index contributed by atoms with van der Waals surface area (Å²) in [4.78, 5) is 2.26. The molecule has 0 saturated carbocycles. The molecule has 1 rings (SSSR count). The third-order valence-corrected chi connectivity index (χ3v) is 2.45. The number of nitrogens with zero attached hydrogens (tertiary/aromatic N) is 1. The summed E-state index contributed by atoms with van der Waals surface area (Å²) >= 11 is 0. The standard InChI is InChI=1S/C12H21NO2/c1-13(8-4-2-3-5-9-14)11-12-7-6-10-15-12/h6-7,10,14H,2-5,8-9,11H2,1H3. The Balaban J connectivity index is 2.01. The van der Waals surface area contributed by atoms with E-state index in [0.717, 1.165) is 31.7 Å². The third kappa shape index (κ3) is 5.60. The lowest BCUT2D eigenvalue weighted by Gasteiger charge is -2.14. The molecule has 1 aromatic rings. The lowest BCUT2D eigenvalue weighted by Crippen LogP contribution is -2.18. The summed E-state index contributed by atoms with van der Waals surface area (Å²) in [5.74, 6) is 1.02. The van der Waals surface area contributed by atoms with Crippen molar-refractivity contribution >= 4 is 0 Å². The van der Waals surface area contributed by atoms with Gasteiger partial charge in [-0.25, -0.2) is 0 Å². The number of rotatable bonds is 8. The third-order valence-electron chi connectivity index (χ3n) is 2.45. The maximum Gasteiger partial charge on any atom is 0.117 e. The van der Waals surface area contributed by atoms with Crippen LogP contribution in [0.4, 0.5) is 0 Å². The van der Waals surface area contributed by atoms with Crippen molar-refractivity contribution in [1.29, 1.82) is 0 Å². The van der Waals surface area contributed by atoms with E-state index in [1.807, 2.05) is 12.1 Å². The van der Waals surface area contributed by atoms with E-state index in [2.05, 4.69) is 11.9 Å². The predicted molar refractivity (Wildman–Crippen MR) is 60.6 cm³/mol. The van der Waals surface area contributed by atoms with Crippen LogP contribution in [0.5, 0.6) is 0 Å². The summed E-state index contributed by atoms with van der Waals surface area (Å²) < 4.78 is 5.27. The van der Waals surface area contributed by atoms with Crippen LogP contribution in [0.3, 0.4) is 0 Å². The molecule has 0 aromatic carbocycles. The van der Waals surface area contributed by atoms with Crippen LogP contribution < -0.4 is 0 Å². The van der Waals surface area contributed by atoms with Crippen LogP contribution in [-0.4, -0.2) is 30.2 Å². The topological polar surface area (TPSA) is 36.6 Å². The molecule has 0 bridgehead atoms. The van der Waals surface area contributed by atoms with Crippen LogP contribution in [0, 0.1) is 0 Å². The molecule has 3 nitrogen and oxygen atoms in total. The molecule has 0 fully saturated rings. The molecule has 3 heteroatoms. The van der Waals surface area contributed by atoms with Gasteiger partial charge in [-0.2, -0.15) is 0 Å². The molecule has 0 saturated heterocycles. The highest BCUT2D eigenvalue weighted by molar-refractivity contribution is 4.97. The molecular formula is C12H21NO2. The second-order valence-corrected chi connectivity index (χ2v) is 3.95. The number of hydrogen-bond acceptors (Lipinski definition) is 3. The van der Waals surface area contributed by atoms with Crippen molar-refractivity contribution in [1.82, 2.24) is 4.90 Å². The molecule has 15 heavy (non-hydrogen) atoms. The second-order valence-electron chi connectivity index (χ2n) is 3.95. The maximum absolute atomic E-state index is 8.62. The van der Waals surface area contributed by atoms with E-state index in [9.17, 15) is 0 Å². The minimum absolute atomic E-state index is 0.322. The molecule has 0 atom stereocenters. The van der Waals surface area contributed by atoms with E-state index in [1.54, 1.807) is 6.26 Å². The van der Waals surface area contributed by atoms with Gasteiger partial charge in [0.2, 0.25) is 0 Å². The van der Waals surface area contributed by atoms with Gasteiger partial charge in [-0.3, -0.25) is 4.90 Å². The number of hydrogen-bond donors (Lipinski definition) is 1. The summed E-state index contributed by atoms with van der Waals surface area (Å²) in [7, 11) is 2.11. The average Bonchev–Trinajstić information content (AvgIpc) is 2.70. The van der Waals surface area contributed by atoms with E-state index in [1.165, 1.54) is 12.8 Å². The van der Waals surface area contributed by atoms with Gasteiger partial charge in [-0.1, -0.05) is 12.8 Å². The van der Waals surface area contributed by atoms with Crippen LogP contribution in [0.2, 0.25) is 0 Å². The summed E-state index contributed by atoms with van der Waals surface area (Å²) in [5.41, 5.74) is 0. The predicted octanol–water partition coefficient (Wildman–Crippen LogP) is 2.26. The van der Waals surface area contributed by atoms with Crippen molar-refractivity contribution in [2.45, 2.75) is 32.2 Å². The number of furan rings is 1. The molecule has 0 unspecified atom stereocenters. The summed E-state index contributed by atoms with van der Waals surface area (Å²) in [6.07, 6.45) is 6.16. The Morgan fingerprint density at radius 1 is 1.27 bits per heavy atom. The first kappa shape index (κ1) is 12.3. The molecule has 0 aliphatic rings. The van der Waals surface area contributed by atoms with Gasteiger partial charge in [0.25, 0.3) is 0 Å². The molecule has 1 aromatic heterocycles. The minimum Gasteiger partial charge on any atom is -0.468 e. The van der Waals surface area contributed by atoms with Gasteiger partial charge in [-0.05, 0) is 38.6 Å². The zero-order valence-corrected chi connectivity index (χ0v) is 9.48.